The highest BCUT2D eigenvalue weighted by atomic mass is 32.2. The predicted octanol–water partition coefficient (Wildman–Crippen LogP) is 5.14. The van der Waals surface area contributed by atoms with Gasteiger partial charge in [-0.25, -0.2) is 0 Å². The van der Waals surface area contributed by atoms with Crippen LogP contribution in [0.1, 0.15) is 18.1 Å². The van der Waals surface area contributed by atoms with Crippen LogP contribution >= 0.6 is 11.8 Å². The van der Waals surface area contributed by atoms with Crippen molar-refractivity contribution >= 4 is 26.0 Å². The summed E-state index contributed by atoms with van der Waals surface area (Å²) in [5.74, 6) is -0.313. The molecule has 0 aliphatic carbocycles. The van der Waals surface area contributed by atoms with Crippen LogP contribution < -0.4 is 0 Å². The monoisotopic (exact) mass is 399 g/mol. The number of carbonyl (C=O) groups excluding carboxylic acids is 1. The van der Waals surface area contributed by atoms with E-state index in [1.165, 1.54) is 7.11 Å². The molecule has 1 atom stereocenters. The first-order valence-corrected chi connectivity index (χ1v) is 12.9. The zero-order chi connectivity index (χ0) is 20.1. The molecule has 0 aliphatic rings. The molecule has 0 saturated carbocycles. The average molecular weight is 400 g/mol. The Bertz CT molecular complexity index is 843. The van der Waals surface area contributed by atoms with Crippen LogP contribution in [0.2, 0.25) is 19.6 Å². The Balaban J connectivity index is 2.45. The molecule has 0 radical (unpaired) electrons. The Morgan fingerprint density at radius 2 is 1.85 bits per heavy atom. The third-order valence-electron chi connectivity index (χ3n) is 3.87. The van der Waals surface area contributed by atoms with Gasteiger partial charge in [-0.3, -0.25) is 4.79 Å². The minimum atomic E-state index is -1.95. The molecule has 0 heterocycles. The Morgan fingerprint density at radius 3 is 2.41 bits per heavy atom. The Hall–Kier alpha value is -2.07. The van der Waals surface area contributed by atoms with Crippen molar-refractivity contribution in [2.24, 2.45) is 0 Å². The van der Waals surface area contributed by atoms with Gasteiger partial charge in [0.1, 0.15) is 6.07 Å². The molecule has 0 saturated heterocycles. The zero-order valence-corrected chi connectivity index (χ0v) is 18.2. The molecule has 0 aliphatic heterocycles. The molecule has 2 aromatic carbocycles. The first kappa shape index (κ1) is 21.2. The number of hydrogen-bond donors (Lipinski definition) is 0. The summed E-state index contributed by atoms with van der Waals surface area (Å²) in [5, 5.41) is 9.78. The summed E-state index contributed by atoms with van der Waals surface area (Å²) in [6, 6.07) is 18.0. The third kappa shape index (κ3) is 5.96. The van der Waals surface area contributed by atoms with Gasteiger partial charge in [0, 0.05) is 9.79 Å². The fourth-order valence-electron chi connectivity index (χ4n) is 2.72. The van der Waals surface area contributed by atoms with E-state index in [4.69, 9.17) is 9.16 Å². The van der Waals surface area contributed by atoms with Gasteiger partial charge in [-0.1, -0.05) is 42.1 Å². The maximum Gasteiger partial charge on any atom is 0.310 e. The van der Waals surface area contributed by atoms with Crippen LogP contribution in [0.4, 0.5) is 0 Å². The molecule has 0 aromatic heterocycles. The van der Waals surface area contributed by atoms with Crippen molar-refractivity contribution in [2.75, 3.05) is 7.11 Å². The molecule has 0 fully saturated rings. The van der Waals surface area contributed by atoms with Gasteiger partial charge in [0.05, 0.1) is 13.5 Å². The average Bonchev–Trinajstić information content (AvgIpc) is 2.62. The normalized spacial score (nSPS) is 13.5. The number of esters is 1. The van der Waals surface area contributed by atoms with Crippen molar-refractivity contribution in [3.8, 4) is 6.07 Å². The highest BCUT2D eigenvalue weighted by molar-refractivity contribution is 7.99. The van der Waals surface area contributed by atoms with Gasteiger partial charge in [-0.05, 0) is 55.9 Å². The highest BCUT2D eigenvalue weighted by Crippen LogP contribution is 2.35. The van der Waals surface area contributed by atoms with Gasteiger partial charge in [0.2, 0.25) is 0 Å². The summed E-state index contributed by atoms with van der Waals surface area (Å²) in [6.07, 6.45) is 0.147. The van der Waals surface area contributed by atoms with Crippen LogP contribution in [-0.4, -0.2) is 21.4 Å². The summed E-state index contributed by atoms with van der Waals surface area (Å²) in [4.78, 5) is 14.0. The van der Waals surface area contributed by atoms with Crippen molar-refractivity contribution in [3.05, 3.63) is 59.7 Å². The van der Waals surface area contributed by atoms with Crippen molar-refractivity contribution < 1.29 is 14.0 Å². The Kier molecular flexibility index (Phi) is 6.87. The Morgan fingerprint density at radius 1 is 1.19 bits per heavy atom. The van der Waals surface area contributed by atoms with Gasteiger partial charge >= 0.3 is 5.97 Å². The van der Waals surface area contributed by atoms with E-state index in [0.717, 1.165) is 20.9 Å². The van der Waals surface area contributed by atoms with Gasteiger partial charge < -0.3 is 9.16 Å². The smallest absolute Gasteiger partial charge is 0.310 e. The van der Waals surface area contributed by atoms with Crippen LogP contribution in [0.3, 0.4) is 0 Å². The molecule has 6 heteroatoms. The number of nitriles is 1. The first-order valence-electron chi connectivity index (χ1n) is 8.71. The van der Waals surface area contributed by atoms with Crippen molar-refractivity contribution in [1.82, 2.24) is 0 Å². The summed E-state index contributed by atoms with van der Waals surface area (Å²) in [5.41, 5.74) is 0.531. The second-order valence-corrected chi connectivity index (χ2v) is 12.9. The minimum absolute atomic E-state index is 0.147. The topological polar surface area (TPSA) is 59.3 Å². The van der Waals surface area contributed by atoms with E-state index < -0.39 is 13.9 Å². The summed E-state index contributed by atoms with van der Waals surface area (Å²) in [6.45, 7) is 7.94. The van der Waals surface area contributed by atoms with Crippen LogP contribution in [0.25, 0.3) is 0 Å². The summed E-state index contributed by atoms with van der Waals surface area (Å²) < 4.78 is 11.0. The Labute approximate surface area is 166 Å². The molecule has 2 aromatic rings. The van der Waals surface area contributed by atoms with E-state index in [0.29, 0.717) is 0 Å². The molecule has 0 N–H and O–H groups in total. The maximum atomic E-state index is 11.9. The fraction of sp³-hybridized carbons (Fsp3) is 0.333. The SMILES string of the molecule is COC(=O)Cc1cc(C(C)(C#N)O[Si](C)(C)C)ccc1Sc1ccccc1. The molecule has 0 bridgehead atoms. The second-order valence-electron chi connectivity index (χ2n) is 7.35. The lowest BCUT2D eigenvalue weighted by Gasteiger charge is -2.31. The molecule has 142 valence electrons. The van der Waals surface area contributed by atoms with Gasteiger partial charge in [0.25, 0.3) is 0 Å². The summed E-state index contributed by atoms with van der Waals surface area (Å²) in [7, 11) is -0.568. The molecule has 4 nitrogen and oxygen atoms in total. The van der Waals surface area contributed by atoms with E-state index in [1.54, 1.807) is 18.7 Å². The lowest BCUT2D eigenvalue weighted by Crippen LogP contribution is -2.37. The molecular weight excluding hydrogens is 374 g/mol. The number of rotatable bonds is 7. The predicted molar refractivity (Wildman–Crippen MR) is 110 cm³/mol. The van der Waals surface area contributed by atoms with Gasteiger partial charge in [-0.15, -0.1) is 0 Å². The van der Waals surface area contributed by atoms with E-state index in [1.807, 2.05) is 48.5 Å². The minimum Gasteiger partial charge on any atom is -0.469 e. The first-order chi connectivity index (χ1) is 12.7. The molecular formula is C21H25NO3SSi. The number of carbonyl (C=O) groups is 1. The molecule has 0 spiro atoms. The van der Waals surface area contributed by atoms with E-state index >= 15 is 0 Å². The highest BCUT2D eigenvalue weighted by Gasteiger charge is 2.34. The number of ether oxygens (including phenoxy) is 1. The lowest BCUT2D eigenvalue weighted by molar-refractivity contribution is -0.139. The van der Waals surface area contributed by atoms with Crippen molar-refractivity contribution in [1.29, 1.82) is 5.26 Å². The van der Waals surface area contributed by atoms with Crippen LogP contribution in [0.15, 0.2) is 58.3 Å². The standard InChI is InChI=1S/C21H25NO3SSi/c1-21(15-22,25-27(3,4)5)17-11-12-19(16(13-17)14-20(23)24-2)26-18-9-7-6-8-10-18/h6-13H,14H2,1-5H3. The van der Waals surface area contributed by atoms with Crippen molar-refractivity contribution in [3.63, 3.8) is 0 Å². The van der Waals surface area contributed by atoms with E-state index in [-0.39, 0.29) is 12.4 Å². The molecule has 0 amide bonds. The van der Waals surface area contributed by atoms with Crippen LogP contribution in [0, 0.1) is 11.3 Å². The third-order valence-corrected chi connectivity index (χ3v) is 6.02. The fourth-order valence-corrected chi connectivity index (χ4v) is 5.05. The molecule has 1 unspecified atom stereocenters. The van der Waals surface area contributed by atoms with E-state index in [2.05, 4.69) is 25.7 Å². The summed E-state index contributed by atoms with van der Waals surface area (Å²) >= 11 is 1.58. The van der Waals surface area contributed by atoms with Crippen molar-refractivity contribution in [2.45, 2.75) is 48.4 Å². The number of nitrogens with zero attached hydrogens (tertiary/aromatic N) is 1. The zero-order valence-electron chi connectivity index (χ0n) is 16.4. The molecule has 2 rings (SSSR count). The maximum absolute atomic E-state index is 11.9. The largest absolute Gasteiger partial charge is 0.469 e. The lowest BCUT2D eigenvalue weighted by atomic mass is 9.95. The van der Waals surface area contributed by atoms with Crippen LogP contribution in [-0.2, 0) is 26.0 Å². The number of methoxy groups -OCH3 is 1. The van der Waals surface area contributed by atoms with E-state index in [9.17, 15) is 10.1 Å². The number of benzene rings is 2. The number of hydrogen-bond acceptors (Lipinski definition) is 5. The van der Waals surface area contributed by atoms with Gasteiger partial charge in [-0.2, -0.15) is 5.26 Å². The quantitative estimate of drug-likeness (QED) is 0.476. The molecule has 27 heavy (non-hydrogen) atoms. The van der Waals surface area contributed by atoms with Crippen LogP contribution in [0.5, 0.6) is 0 Å². The van der Waals surface area contributed by atoms with Gasteiger partial charge in [0.15, 0.2) is 13.9 Å². The second kappa shape index (κ2) is 8.74.